The average Bonchev–Trinajstić information content (AvgIpc) is 2.49. The molecule has 23 heavy (non-hydrogen) atoms. The molecule has 1 rings (SSSR count). The summed E-state index contributed by atoms with van der Waals surface area (Å²) < 4.78 is 51.5. The van der Waals surface area contributed by atoms with Crippen molar-refractivity contribution in [1.29, 1.82) is 0 Å². The Morgan fingerprint density at radius 1 is 1.26 bits per heavy atom. The van der Waals surface area contributed by atoms with Gasteiger partial charge >= 0.3 is 13.3 Å². The molecule has 2 N–H and O–H groups in total. The van der Waals surface area contributed by atoms with Crippen LogP contribution in [0.15, 0.2) is 18.2 Å². The number of benzene rings is 1. The molecule has 0 radical (unpaired) electrons. The Kier molecular flexibility index (Phi) is 7.08. The van der Waals surface area contributed by atoms with Crippen LogP contribution in [0.3, 0.4) is 0 Å². The van der Waals surface area contributed by atoms with Gasteiger partial charge in [-0.3, -0.25) is 9.36 Å². The number of alkyl halides is 2. The Morgan fingerprint density at radius 3 is 2.52 bits per heavy atom. The quantitative estimate of drug-likeness (QED) is 0.377. The van der Waals surface area contributed by atoms with E-state index in [0.29, 0.717) is 23.3 Å². The third kappa shape index (κ3) is 5.87. The molecule has 0 unspecified atom stereocenters. The van der Waals surface area contributed by atoms with Crippen LogP contribution in [-0.4, -0.2) is 48.7 Å². The number of methoxy groups -OCH3 is 1. The van der Waals surface area contributed by atoms with Gasteiger partial charge in [0.15, 0.2) is 6.29 Å². The number of halogens is 2. The first kappa shape index (κ1) is 19.5. The second-order valence-electron chi connectivity index (χ2n) is 4.44. The lowest BCUT2D eigenvalue weighted by Crippen LogP contribution is -2.20. The van der Waals surface area contributed by atoms with Crippen LogP contribution in [0.4, 0.5) is 8.78 Å². The van der Waals surface area contributed by atoms with Crippen LogP contribution >= 0.6 is 7.60 Å². The molecule has 0 aliphatic rings. The van der Waals surface area contributed by atoms with Gasteiger partial charge in [0.25, 0.3) is 0 Å². The van der Waals surface area contributed by atoms with Crippen molar-refractivity contribution in [3.05, 3.63) is 23.8 Å². The largest absolute Gasteiger partial charge is 0.496 e. The molecule has 0 amide bonds. The lowest BCUT2D eigenvalue weighted by atomic mass is 10.2. The zero-order chi connectivity index (χ0) is 17.5. The van der Waals surface area contributed by atoms with E-state index in [-0.39, 0.29) is 13.2 Å². The minimum Gasteiger partial charge on any atom is -0.496 e. The minimum atomic E-state index is -5.48. The number of aldehydes is 1. The summed E-state index contributed by atoms with van der Waals surface area (Å²) in [5, 5.41) is 0. The normalized spacial score (nSPS) is 12.0. The van der Waals surface area contributed by atoms with Crippen molar-refractivity contribution in [2.75, 3.05) is 26.9 Å². The summed E-state index contributed by atoms with van der Waals surface area (Å²) in [5.41, 5.74) is -3.75. The summed E-state index contributed by atoms with van der Waals surface area (Å²) in [5.74, 6) is 0.733. The molecule has 7 nitrogen and oxygen atoms in total. The summed E-state index contributed by atoms with van der Waals surface area (Å²) >= 11 is 0. The molecule has 0 aromatic heterocycles. The molecular formula is C13H17F2O7P. The molecule has 0 heterocycles. The molecule has 0 aliphatic heterocycles. The predicted octanol–water partition coefficient (Wildman–Crippen LogP) is 2.06. The zero-order valence-electron chi connectivity index (χ0n) is 12.3. The molecule has 1 aromatic carbocycles. The summed E-state index contributed by atoms with van der Waals surface area (Å²) in [6.07, 6.45) is -0.452. The molecule has 0 bridgehead atoms. The predicted molar refractivity (Wildman–Crippen MR) is 76.3 cm³/mol. The van der Waals surface area contributed by atoms with E-state index in [4.69, 9.17) is 24.0 Å². The Balaban J connectivity index is 2.33. The first-order valence-electron chi connectivity index (χ1n) is 6.48. The monoisotopic (exact) mass is 354 g/mol. The first-order valence-corrected chi connectivity index (χ1v) is 8.09. The van der Waals surface area contributed by atoms with Crippen LogP contribution in [0.1, 0.15) is 16.8 Å². The Hall–Kier alpha value is -1.54. The van der Waals surface area contributed by atoms with E-state index in [2.05, 4.69) is 0 Å². The third-order valence-electron chi connectivity index (χ3n) is 2.80. The molecule has 0 fully saturated rings. The first-order chi connectivity index (χ1) is 10.7. The van der Waals surface area contributed by atoms with Crippen LogP contribution < -0.4 is 9.47 Å². The van der Waals surface area contributed by atoms with Crippen molar-refractivity contribution < 1.29 is 42.1 Å². The van der Waals surface area contributed by atoms with Crippen LogP contribution in [-0.2, 0) is 9.30 Å². The molecule has 130 valence electrons. The maximum absolute atomic E-state index is 12.9. The molecule has 0 atom stereocenters. The van der Waals surface area contributed by atoms with E-state index in [1.54, 1.807) is 0 Å². The van der Waals surface area contributed by atoms with Crippen LogP contribution in [0, 0.1) is 0 Å². The van der Waals surface area contributed by atoms with E-state index in [0.717, 1.165) is 0 Å². The van der Waals surface area contributed by atoms with Gasteiger partial charge in [-0.1, -0.05) is 0 Å². The summed E-state index contributed by atoms with van der Waals surface area (Å²) in [6.45, 7) is -0.533. The van der Waals surface area contributed by atoms with Gasteiger partial charge in [-0.15, -0.1) is 0 Å². The van der Waals surface area contributed by atoms with E-state index in [1.807, 2.05) is 0 Å². The number of hydrogen-bond acceptors (Lipinski definition) is 5. The average molecular weight is 354 g/mol. The van der Waals surface area contributed by atoms with E-state index in [9.17, 15) is 18.1 Å². The highest BCUT2D eigenvalue weighted by molar-refractivity contribution is 7.53. The van der Waals surface area contributed by atoms with E-state index in [1.165, 1.54) is 25.3 Å². The van der Waals surface area contributed by atoms with Gasteiger partial charge in [0.05, 0.1) is 25.9 Å². The van der Waals surface area contributed by atoms with Gasteiger partial charge < -0.3 is 24.0 Å². The molecule has 1 aromatic rings. The van der Waals surface area contributed by atoms with E-state index >= 15 is 0 Å². The van der Waals surface area contributed by atoms with E-state index < -0.39 is 26.3 Å². The maximum Gasteiger partial charge on any atom is 0.394 e. The maximum atomic E-state index is 12.9. The van der Waals surface area contributed by atoms with Crippen LogP contribution in [0.2, 0.25) is 0 Å². The number of rotatable bonds is 10. The van der Waals surface area contributed by atoms with Gasteiger partial charge in [0.1, 0.15) is 18.1 Å². The van der Waals surface area contributed by atoms with Crippen molar-refractivity contribution in [3.8, 4) is 11.5 Å². The lowest BCUT2D eigenvalue weighted by Gasteiger charge is -2.17. The number of carbonyl (C=O) groups is 1. The van der Waals surface area contributed by atoms with Crippen LogP contribution in [0.25, 0.3) is 0 Å². The van der Waals surface area contributed by atoms with Gasteiger partial charge in [-0.05, 0) is 12.1 Å². The summed E-state index contributed by atoms with van der Waals surface area (Å²) in [7, 11) is -4.08. The Labute approximate surface area is 131 Å². The van der Waals surface area contributed by atoms with Crippen molar-refractivity contribution in [2.24, 2.45) is 0 Å². The Bertz CT molecular complexity index is 573. The lowest BCUT2D eigenvalue weighted by molar-refractivity contribution is 0.00972. The Morgan fingerprint density at radius 2 is 1.96 bits per heavy atom. The highest BCUT2D eigenvalue weighted by Crippen LogP contribution is 2.54. The second-order valence-corrected chi connectivity index (χ2v) is 6.18. The number of ether oxygens (including phenoxy) is 3. The second kappa shape index (κ2) is 8.35. The molecule has 10 heteroatoms. The molecule has 0 aliphatic carbocycles. The fourth-order valence-electron chi connectivity index (χ4n) is 1.54. The third-order valence-corrected chi connectivity index (χ3v) is 3.88. The van der Waals surface area contributed by atoms with Crippen molar-refractivity contribution >= 4 is 13.9 Å². The highest BCUT2D eigenvalue weighted by Gasteiger charge is 2.47. The standard InChI is InChI=1S/C13H17F2O7P/c1-20-12-8-11(3-2-10(12)9-16)22-7-6-21-5-4-13(14,15)23(17,18)19/h2-3,8-9H,4-7H2,1H3,(H2,17,18,19). The summed E-state index contributed by atoms with van der Waals surface area (Å²) in [6, 6.07) is 4.53. The van der Waals surface area contributed by atoms with Gasteiger partial charge in [-0.25, -0.2) is 0 Å². The fourth-order valence-corrected chi connectivity index (χ4v) is 1.92. The number of carbonyl (C=O) groups excluding carboxylic acids is 1. The number of hydrogen-bond donors (Lipinski definition) is 2. The van der Waals surface area contributed by atoms with Crippen molar-refractivity contribution in [3.63, 3.8) is 0 Å². The highest BCUT2D eigenvalue weighted by atomic mass is 31.2. The molecule has 0 spiro atoms. The van der Waals surface area contributed by atoms with Gasteiger partial charge in [0, 0.05) is 12.5 Å². The van der Waals surface area contributed by atoms with Crippen molar-refractivity contribution in [2.45, 2.75) is 12.1 Å². The van der Waals surface area contributed by atoms with Gasteiger partial charge in [-0.2, -0.15) is 8.78 Å². The zero-order valence-corrected chi connectivity index (χ0v) is 13.2. The molecule has 0 saturated carbocycles. The van der Waals surface area contributed by atoms with Crippen LogP contribution in [0.5, 0.6) is 11.5 Å². The van der Waals surface area contributed by atoms with Crippen molar-refractivity contribution in [1.82, 2.24) is 0 Å². The molecular weight excluding hydrogens is 337 g/mol. The van der Waals surface area contributed by atoms with Gasteiger partial charge in [0.2, 0.25) is 0 Å². The smallest absolute Gasteiger partial charge is 0.394 e. The SMILES string of the molecule is COc1cc(OCCOCCC(F)(F)P(=O)(O)O)ccc1C=O. The topological polar surface area (TPSA) is 102 Å². The molecule has 0 saturated heterocycles. The minimum absolute atomic E-state index is 0.0328. The fraction of sp³-hybridized carbons (Fsp3) is 0.462. The summed E-state index contributed by atoms with van der Waals surface area (Å²) in [4.78, 5) is 27.6.